The van der Waals surface area contributed by atoms with Gasteiger partial charge in [-0.3, -0.25) is 19.3 Å². The molecule has 200 valence electrons. The molecule has 3 amide bonds. The zero-order chi connectivity index (χ0) is 27.2. The summed E-state index contributed by atoms with van der Waals surface area (Å²) in [6.07, 6.45) is 1.62. The van der Waals surface area contributed by atoms with Crippen LogP contribution in [0.5, 0.6) is 5.75 Å². The summed E-state index contributed by atoms with van der Waals surface area (Å²) in [6.45, 7) is 2.59. The number of rotatable bonds is 8. The third kappa shape index (κ3) is 6.62. The molecule has 0 atom stereocenters. The maximum Gasteiger partial charge on any atom is 0.294 e. The first kappa shape index (κ1) is 26.8. The van der Waals surface area contributed by atoms with E-state index in [-0.39, 0.29) is 11.4 Å². The Morgan fingerprint density at radius 1 is 1.00 bits per heavy atom. The largest absolute Gasteiger partial charge is 0.488 e. The maximum absolute atomic E-state index is 13.1. The van der Waals surface area contributed by atoms with Gasteiger partial charge in [-0.2, -0.15) is 0 Å². The van der Waals surface area contributed by atoms with Crippen molar-refractivity contribution >= 4 is 57.9 Å². The number of para-hydroxylation sites is 3. The second-order valence-corrected chi connectivity index (χ2v) is 10.3. The van der Waals surface area contributed by atoms with E-state index >= 15 is 0 Å². The molecule has 3 aromatic rings. The lowest BCUT2D eigenvalue weighted by Crippen LogP contribution is -2.38. The van der Waals surface area contributed by atoms with Crippen molar-refractivity contribution < 1.29 is 23.9 Å². The Morgan fingerprint density at radius 2 is 1.72 bits per heavy atom. The summed E-state index contributed by atoms with van der Waals surface area (Å²) in [6, 6.07) is 22.1. The summed E-state index contributed by atoms with van der Waals surface area (Å²) >= 11 is 6.75. The van der Waals surface area contributed by atoms with Crippen molar-refractivity contribution in [1.29, 1.82) is 0 Å². The molecule has 0 saturated carbocycles. The average Bonchev–Trinajstić information content (AvgIpc) is 3.21. The van der Waals surface area contributed by atoms with Gasteiger partial charge >= 0.3 is 0 Å². The number of halogens is 1. The Morgan fingerprint density at radius 3 is 2.51 bits per heavy atom. The van der Waals surface area contributed by atoms with Gasteiger partial charge in [0.05, 0.1) is 29.5 Å². The van der Waals surface area contributed by atoms with Crippen molar-refractivity contribution in [3.63, 3.8) is 0 Å². The van der Waals surface area contributed by atoms with E-state index in [1.807, 2.05) is 42.5 Å². The highest BCUT2D eigenvalue weighted by Crippen LogP contribution is 2.34. The van der Waals surface area contributed by atoms with Crippen molar-refractivity contribution in [3.8, 4) is 5.75 Å². The Labute approximate surface area is 235 Å². The van der Waals surface area contributed by atoms with Gasteiger partial charge in [0.1, 0.15) is 18.9 Å². The van der Waals surface area contributed by atoms with Crippen LogP contribution in [-0.4, -0.2) is 54.8 Å². The minimum Gasteiger partial charge on any atom is -0.488 e. The zero-order valence-corrected chi connectivity index (χ0v) is 22.5. The van der Waals surface area contributed by atoms with Crippen LogP contribution in [0.2, 0.25) is 5.02 Å². The minimum absolute atomic E-state index is 0.226. The van der Waals surface area contributed by atoms with Gasteiger partial charge in [0.15, 0.2) is 0 Å². The van der Waals surface area contributed by atoms with E-state index in [4.69, 9.17) is 21.1 Å². The van der Waals surface area contributed by atoms with Crippen LogP contribution < -0.4 is 15.0 Å². The van der Waals surface area contributed by atoms with Gasteiger partial charge in [-0.25, -0.2) is 0 Å². The summed E-state index contributed by atoms with van der Waals surface area (Å²) < 4.78 is 11.4. The molecule has 2 saturated heterocycles. The molecule has 2 aliphatic rings. The van der Waals surface area contributed by atoms with Gasteiger partial charge in [-0.15, -0.1) is 0 Å². The molecule has 0 radical (unpaired) electrons. The quantitative estimate of drug-likeness (QED) is 0.366. The number of nitrogens with zero attached hydrogens (tertiary/aromatic N) is 2. The molecule has 8 nitrogen and oxygen atoms in total. The molecule has 2 fully saturated rings. The first-order chi connectivity index (χ1) is 19.0. The van der Waals surface area contributed by atoms with Gasteiger partial charge in [0.2, 0.25) is 5.91 Å². The number of ether oxygens (including phenoxy) is 2. The SMILES string of the molecule is O=C(CN1C(=O)S/C(=C/c2ccccc2OCc2ccc(Cl)cc2)C1=O)Nc1ccccc1N1CCOCC1. The van der Waals surface area contributed by atoms with Crippen LogP contribution >= 0.6 is 23.4 Å². The van der Waals surface area contributed by atoms with E-state index < -0.39 is 17.1 Å². The van der Waals surface area contributed by atoms with Gasteiger partial charge in [-0.1, -0.05) is 54.1 Å². The summed E-state index contributed by atoms with van der Waals surface area (Å²) in [5.74, 6) is -0.406. The van der Waals surface area contributed by atoms with Crippen LogP contribution in [0.15, 0.2) is 77.7 Å². The number of amides is 3. The second kappa shape index (κ2) is 12.4. The van der Waals surface area contributed by atoms with Gasteiger partial charge in [-0.05, 0) is 53.7 Å². The van der Waals surface area contributed by atoms with Gasteiger partial charge in [0, 0.05) is 23.7 Å². The standard InChI is InChI=1S/C29H26ClN3O5S/c30-22-11-9-20(10-12-22)19-38-25-8-4-1-5-21(25)17-26-28(35)33(29(36)39-26)18-27(34)31-23-6-2-3-7-24(23)32-13-15-37-16-14-32/h1-12,17H,13-16,18-19H2,(H,31,34)/b26-17+. The summed E-state index contributed by atoms with van der Waals surface area (Å²) in [5, 5.41) is 3.01. The first-order valence-electron chi connectivity index (χ1n) is 12.4. The van der Waals surface area contributed by atoms with Crippen molar-refractivity contribution in [1.82, 2.24) is 4.90 Å². The van der Waals surface area contributed by atoms with Crippen LogP contribution in [0.1, 0.15) is 11.1 Å². The number of hydrogen-bond acceptors (Lipinski definition) is 7. The predicted molar refractivity (Wildman–Crippen MR) is 153 cm³/mol. The Hall–Kier alpha value is -3.79. The third-order valence-electron chi connectivity index (χ3n) is 6.22. The maximum atomic E-state index is 13.1. The molecule has 0 aliphatic carbocycles. The predicted octanol–water partition coefficient (Wildman–Crippen LogP) is 5.43. The Kier molecular flexibility index (Phi) is 8.51. The number of nitrogens with one attached hydrogen (secondary N) is 1. The summed E-state index contributed by atoms with van der Waals surface area (Å²) in [4.78, 5) is 42.0. The van der Waals surface area contributed by atoms with E-state index in [0.717, 1.165) is 27.9 Å². The van der Waals surface area contributed by atoms with E-state index in [1.54, 1.807) is 36.4 Å². The van der Waals surface area contributed by atoms with Crippen LogP contribution in [0.25, 0.3) is 6.08 Å². The molecule has 39 heavy (non-hydrogen) atoms. The topological polar surface area (TPSA) is 88.2 Å². The number of anilines is 2. The van der Waals surface area contributed by atoms with Crippen molar-refractivity contribution in [2.75, 3.05) is 43.1 Å². The fourth-order valence-electron chi connectivity index (χ4n) is 4.24. The summed E-state index contributed by atoms with van der Waals surface area (Å²) in [7, 11) is 0. The highest BCUT2D eigenvalue weighted by molar-refractivity contribution is 8.18. The lowest BCUT2D eigenvalue weighted by molar-refractivity contribution is -0.127. The molecule has 0 bridgehead atoms. The molecule has 0 aromatic heterocycles. The lowest BCUT2D eigenvalue weighted by Gasteiger charge is -2.30. The molecule has 2 aliphatic heterocycles. The number of carbonyl (C=O) groups excluding carboxylic acids is 3. The molecule has 5 rings (SSSR count). The third-order valence-corrected chi connectivity index (χ3v) is 7.38. The summed E-state index contributed by atoms with van der Waals surface area (Å²) in [5.41, 5.74) is 3.09. The number of morpholine rings is 1. The van der Waals surface area contributed by atoms with Crippen LogP contribution in [0.3, 0.4) is 0 Å². The molecule has 2 heterocycles. The molecule has 0 spiro atoms. The molecule has 3 aromatic carbocycles. The zero-order valence-electron chi connectivity index (χ0n) is 21.0. The first-order valence-corrected chi connectivity index (χ1v) is 13.6. The number of hydrogen-bond donors (Lipinski definition) is 1. The molecule has 0 unspecified atom stereocenters. The number of carbonyl (C=O) groups is 3. The molecule has 1 N–H and O–H groups in total. The smallest absolute Gasteiger partial charge is 0.294 e. The van der Waals surface area contributed by atoms with Crippen molar-refractivity contribution in [2.45, 2.75) is 6.61 Å². The van der Waals surface area contributed by atoms with E-state index in [0.29, 0.717) is 54.9 Å². The van der Waals surface area contributed by atoms with Crippen molar-refractivity contribution in [2.24, 2.45) is 0 Å². The highest BCUT2D eigenvalue weighted by atomic mass is 35.5. The van der Waals surface area contributed by atoms with Crippen LogP contribution in [0, 0.1) is 0 Å². The number of benzene rings is 3. The van der Waals surface area contributed by atoms with Gasteiger partial charge < -0.3 is 19.7 Å². The molecule has 10 heteroatoms. The second-order valence-electron chi connectivity index (χ2n) is 8.89. The number of thioether (sulfide) groups is 1. The fourth-order valence-corrected chi connectivity index (χ4v) is 5.20. The fraction of sp³-hybridized carbons (Fsp3) is 0.207. The van der Waals surface area contributed by atoms with Crippen LogP contribution in [0.4, 0.5) is 16.2 Å². The van der Waals surface area contributed by atoms with Crippen LogP contribution in [-0.2, 0) is 20.9 Å². The molecular formula is C29H26ClN3O5S. The average molecular weight is 564 g/mol. The van der Waals surface area contributed by atoms with Crippen molar-refractivity contribution in [3.05, 3.63) is 93.9 Å². The molecular weight excluding hydrogens is 538 g/mol. The Bertz CT molecular complexity index is 1410. The monoisotopic (exact) mass is 563 g/mol. The lowest BCUT2D eigenvalue weighted by atomic mass is 10.1. The number of imide groups is 1. The minimum atomic E-state index is -0.519. The van der Waals surface area contributed by atoms with E-state index in [2.05, 4.69) is 10.2 Å². The van der Waals surface area contributed by atoms with E-state index in [1.165, 1.54) is 0 Å². The highest BCUT2D eigenvalue weighted by Gasteiger charge is 2.36. The normalized spacial score (nSPS) is 16.6. The van der Waals surface area contributed by atoms with Gasteiger partial charge in [0.25, 0.3) is 11.1 Å². The Balaban J connectivity index is 1.25. The van der Waals surface area contributed by atoms with E-state index in [9.17, 15) is 14.4 Å².